The SMILES string of the molecule is CCCCCCN(C)Cc1ccc(N=C(c2ccccc2)c2c(O)[nH]c3cc(C(=O)OC)ccc23)cc1. The maximum atomic E-state index is 12.0. The number of ether oxygens (including phenoxy) is 1. The number of hydrogen-bond acceptors (Lipinski definition) is 5. The topological polar surface area (TPSA) is 77.9 Å². The maximum Gasteiger partial charge on any atom is 0.337 e. The van der Waals surface area contributed by atoms with Gasteiger partial charge in [-0.15, -0.1) is 0 Å². The molecule has 0 spiro atoms. The zero-order valence-electron chi connectivity index (χ0n) is 21.8. The van der Waals surface area contributed by atoms with Crippen LogP contribution in [0, 0.1) is 0 Å². The van der Waals surface area contributed by atoms with Gasteiger partial charge in [0.25, 0.3) is 0 Å². The Kier molecular flexibility index (Phi) is 8.75. The van der Waals surface area contributed by atoms with E-state index < -0.39 is 5.97 Å². The second kappa shape index (κ2) is 12.4. The van der Waals surface area contributed by atoms with E-state index in [1.807, 2.05) is 48.5 Å². The van der Waals surface area contributed by atoms with Crippen LogP contribution in [0.4, 0.5) is 5.69 Å². The predicted molar refractivity (Wildman–Crippen MR) is 150 cm³/mol. The van der Waals surface area contributed by atoms with Gasteiger partial charge in [-0.25, -0.2) is 9.79 Å². The number of methoxy groups -OCH3 is 1. The number of aromatic hydroxyl groups is 1. The number of carbonyl (C=O) groups is 1. The Bertz CT molecular complexity index is 1360. The fourth-order valence-corrected chi connectivity index (χ4v) is 4.53. The average molecular weight is 498 g/mol. The summed E-state index contributed by atoms with van der Waals surface area (Å²) in [5.41, 5.74) is 5.20. The lowest BCUT2D eigenvalue weighted by molar-refractivity contribution is 0.0601. The van der Waals surface area contributed by atoms with E-state index in [0.29, 0.717) is 22.4 Å². The number of nitrogens with zero attached hydrogens (tertiary/aromatic N) is 2. The highest BCUT2D eigenvalue weighted by Gasteiger charge is 2.20. The van der Waals surface area contributed by atoms with Crippen LogP contribution in [-0.2, 0) is 11.3 Å². The first-order valence-corrected chi connectivity index (χ1v) is 12.8. The molecule has 0 amide bonds. The first kappa shape index (κ1) is 26.2. The van der Waals surface area contributed by atoms with Crippen LogP contribution in [0.3, 0.4) is 0 Å². The molecule has 0 radical (unpaired) electrons. The van der Waals surface area contributed by atoms with E-state index in [1.54, 1.807) is 12.1 Å². The molecule has 1 aromatic heterocycles. The number of fused-ring (bicyclic) bond motifs is 1. The van der Waals surface area contributed by atoms with Crippen molar-refractivity contribution in [1.82, 2.24) is 9.88 Å². The minimum absolute atomic E-state index is 0.000867. The summed E-state index contributed by atoms with van der Waals surface area (Å²) < 4.78 is 4.84. The van der Waals surface area contributed by atoms with Crippen molar-refractivity contribution < 1.29 is 14.6 Å². The van der Waals surface area contributed by atoms with Crippen LogP contribution < -0.4 is 0 Å². The number of rotatable bonds is 11. The number of esters is 1. The van der Waals surface area contributed by atoms with E-state index in [0.717, 1.165) is 29.7 Å². The molecular formula is C31H35N3O3. The number of hydrogen-bond donors (Lipinski definition) is 2. The van der Waals surface area contributed by atoms with E-state index in [9.17, 15) is 9.90 Å². The Labute approximate surface area is 218 Å². The number of H-pyrrole nitrogens is 1. The van der Waals surface area contributed by atoms with Crippen molar-refractivity contribution in [2.45, 2.75) is 39.2 Å². The Hall–Kier alpha value is -3.90. The van der Waals surface area contributed by atoms with Crippen molar-refractivity contribution in [1.29, 1.82) is 0 Å². The van der Waals surface area contributed by atoms with Gasteiger partial charge in [0, 0.05) is 23.0 Å². The van der Waals surface area contributed by atoms with Crippen LogP contribution in [0.25, 0.3) is 10.9 Å². The molecule has 0 bridgehead atoms. The summed E-state index contributed by atoms with van der Waals surface area (Å²) >= 11 is 0. The number of aliphatic imine (C=N–C) groups is 1. The average Bonchev–Trinajstić information content (AvgIpc) is 3.25. The van der Waals surface area contributed by atoms with Crippen molar-refractivity contribution in [3.8, 4) is 5.88 Å². The summed E-state index contributed by atoms with van der Waals surface area (Å²) in [7, 11) is 3.51. The van der Waals surface area contributed by atoms with Crippen molar-refractivity contribution in [3.05, 3.63) is 95.1 Å². The van der Waals surface area contributed by atoms with E-state index in [2.05, 4.69) is 36.0 Å². The number of benzene rings is 3. The molecule has 4 aromatic rings. The lowest BCUT2D eigenvalue weighted by atomic mass is 10.00. The van der Waals surface area contributed by atoms with Crippen molar-refractivity contribution >= 4 is 28.3 Å². The zero-order chi connectivity index (χ0) is 26.2. The van der Waals surface area contributed by atoms with E-state index in [1.165, 1.54) is 38.4 Å². The van der Waals surface area contributed by atoms with Gasteiger partial charge in [-0.05, 0) is 49.8 Å². The number of nitrogens with one attached hydrogen (secondary N) is 1. The molecule has 0 unspecified atom stereocenters. The van der Waals surface area contributed by atoms with Gasteiger partial charge < -0.3 is 19.7 Å². The fraction of sp³-hybridized carbons (Fsp3) is 0.290. The van der Waals surface area contributed by atoms with Crippen molar-refractivity contribution in [2.24, 2.45) is 4.99 Å². The second-order valence-corrected chi connectivity index (χ2v) is 9.39. The fourth-order valence-electron chi connectivity index (χ4n) is 4.53. The molecule has 6 nitrogen and oxygen atoms in total. The Morgan fingerprint density at radius 3 is 2.43 bits per heavy atom. The summed E-state index contributed by atoms with van der Waals surface area (Å²) in [5.74, 6) is -0.429. The minimum atomic E-state index is -0.429. The lowest BCUT2D eigenvalue weighted by Gasteiger charge is -2.16. The Balaban J connectivity index is 1.65. The van der Waals surface area contributed by atoms with Gasteiger partial charge in [-0.1, -0.05) is 74.7 Å². The molecule has 0 fully saturated rings. The van der Waals surface area contributed by atoms with Crippen molar-refractivity contribution in [3.63, 3.8) is 0 Å². The molecule has 0 aliphatic carbocycles. The van der Waals surface area contributed by atoms with Crippen LogP contribution in [-0.4, -0.2) is 47.4 Å². The molecule has 0 aliphatic heterocycles. The smallest absolute Gasteiger partial charge is 0.337 e. The third-order valence-corrected chi connectivity index (χ3v) is 6.51. The van der Waals surface area contributed by atoms with E-state index >= 15 is 0 Å². The standard InChI is InChI=1S/C31H35N3O3/c1-4-5-6-10-19-34(2)21-22-13-16-25(17-14-22)32-29(23-11-8-7-9-12-23)28-26-18-15-24(31(36)37-3)20-27(26)33-30(28)35/h7-9,11-18,20,33,35H,4-6,10,19,21H2,1-3H3. The van der Waals surface area contributed by atoms with Crippen molar-refractivity contribution in [2.75, 3.05) is 20.7 Å². The van der Waals surface area contributed by atoms with Crippen LogP contribution in [0.5, 0.6) is 5.88 Å². The highest BCUT2D eigenvalue weighted by atomic mass is 16.5. The number of aromatic nitrogens is 1. The molecule has 0 saturated heterocycles. The van der Waals surface area contributed by atoms with Gasteiger partial charge in [-0.3, -0.25) is 0 Å². The summed E-state index contributed by atoms with van der Waals surface area (Å²) in [6.07, 6.45) is 5.05. The zero-order valence-corrected chi connectivity index (χ0v) is 21.8. The molecule has 0 aliphatic rings. The van der Waals surface area contributed by atoms with Crippen LogP contribution in [0.1, 0.15) is 59.7 Å². The monoisotopic (exact) mass is 497 g/mol. The third kappa shape index (κ3) is 6.46. The molecule has 2 N–H and O–H groups in total. The maximum absolute atomic E-state index is 12.0. The molecule has 3 aromatic carbocycles. The second-order valence-electron chi connectivity index (χ2n) is 9.39. The van der Waals surface area contributed by atoms with E-state index in [-0.39, 0.29) is 5.88 Å². The largest absolute Gasteiger partial charge is 0.494 e. The summed E-state index contributed by atoms with van der Waals surface area (Å²) in [6, 6.07) is 23.2. The van der Waals surface area contributed by atoms with Gasteiger partial charge in [0.15, 0.2) is 5.88 Å². The molecule has 1 heterocycles. The molecule has 37 heavy (non-hydrogen) atoms. The Morgan fingerprint density at radius 2 is 1.73 bits per heavy atom. The highest BCUT2D eigenvalue weighted by molar-refractivity contribution is 6.22. The summed E-state index contributed by atoms with van der Waals surface area (Å²) in [4.78, 5) is 22.3. The third-order valence-electron chi connectivity index (χ3n) is 6.51. The van der Waals surface area contributed by atoms with E-state index in [4.69, 9.17) is 9.73 Å². The van der Waals surface area contributed by atoms with Gasteiger partial charge >= 0.3 is 5.97 Å². The molecule has 0 atom stereocenters. The first-order valence-electron chi connectivity index (χ1n) is 12.8. The lowest BCUT2D eigenvalue weighted by Crippen LogP contribution is -2.18. The first-order chi connectivity index (χ1) is 18.0. The summed E-state index contributed by atoms with van der Waals surface area (Å²) in [5, 5.41) is 11.7. The highest BCUT2D eigenvalue weighted by Crippen LogP contribution is 2.32. The van der Waals surface area contributed by atoms with Crippen LogP contribution in [0.15, 0.2) is 77.8 Å². The summed E-state index contributed by atoms with van der Waals surface area (Å²) in [6.45, 7) is 4.22. The number of aromatic amines is 1. The van der Waals surface area contributed by atoms with Gasteiger partial charge in [-0.2, -0.15) is 0 Å². The molecule has 0 saturated carbocycles. The quantitative estimate of drug-likeness (QED) is 0.135. The number of unbranched alkanes of at least 4 members (excludes halogenated alkanes) is 3. The normalized spacial score (nSPS) is 11.8. The Morgan fingerprint density at radius 1 is 0.973 bits per heavy atom. The van der Waals surface area contributed by atoms with Crippen LogP contribution in [0.2, 0.25) is 0 Å². The minimum Gasteiger partial charge on any atom is -0.494 e. The molecular weight excluding hydrogens is 462 g/mol. The van der Waals surface area contributed by atoms with Crippen LogP contribution >= 0.6 is 0 Å². The van der Waals surface area contributed by atoms with Gasteiger partial charge in [0.05, 0.1) is 29.6 Å². The molecule has 4 rings (SSSR count). The predicted octanol–water partition coefficient (Wildman–Crippen LogP) is 6.84. The van der Waals surface area contributed by atoms with Gasteiger partial charge in [0.2, 0.25) is 0 Å². The molecule has 6 heteroatoms. The number of carbonyl (C=O) groups excluding carboxylic acids is 1. The van der Waals surface area contributed by atoms with Gasteiger partial charge in [0.1, 0.15) is 0 Å². The molecule has 192 valence electrons.